The zero-order valence-corrected chi connectivity index (χ0v) is 18.3. The number of hydrogen-bond acceptors (Lipinski definition) is 4. The zero-order valence-electron chi connectivity index (χ0n) is 18.3. The third kappa shape index (κ3) is 3.46. The van der Waals surface area contributed by atoms with Gasteiger partial charge in [0.05, 0.1) is 12.2 Å². The smallest absolute Gasteiger partial charge is 0.408 e. The molecule has 176 valence electrons. The molecule has 0 fully saturated rings. The molecule has 5 rings (SSSR count). The quantitative estimate of drug-likeness (QED) is 0.619. The van der Waals surface area contributed by atoms with Gasteiger partial charge in [0.15, 0.2) is 11.4 Å². The Kier molecular flexibility index (Phi) is 5.22. The van der Waals surface area contributed by atoms with E-state index in [0.717, 1.165) is 48.2 Å². The first-order valence-corrected chi connectivity index (χ1v) is 11.0. The monoisotopic (exact) mass is 469 g/mol. The predicted octanol–water partition coefficient (Wildman–Crippen LogP) is 3.83. The predicted molar refractivity (Wildman–Crippen MR) is 118 cm³/mol. The van der Waals surface area contributed by atoms with E-state index in [1.165, 1.54) is 4.68 Å². The number of alkyl halides is 3. The van der Waals surface area contributed by atoms with Crippen molar-refractivity contribution in [3.8, 4) is 5.75 Å². The molecule has 3 aromatic rings. The van der Waals surface area contributed by atoms with Crippen LogP contribution in [-0.2, 0) is 12.8 Å². The van der Waals surface area contributed by atoms with E-state index < -0.39 is 47.0 Å². The minimum Gasteiger partial charge on any atom is -0.502 e. The fraction of sp³-hybridized carbons (Fsp3) is 0.320. The van der Waals surface area contributed by atoms with Gasteiger partial charge in [-0.2, -0.15) is 18.3 Å². The lowest BCUT2D eigenvalue weighted by Crippen LogP contribution is -2.54. The average Bonchev–Trinajstić information content (AvgIpc) is 2.97. The SMILES string of the molecule is CC(N1CC(C2c3ccccc3CCc3ccccc32)n2ncc(=O)c(O)c2C1=O)C(F)(F)F. The van der Waals surface area contributed by atoms with Crippen molar-refractivity contribution in [2.75, 3.05) is 6.54 Å². The molecule has 9 heteroatoms. The van der Waals surface area contributed by atoms with E-state index >= 15 is 0 Å². The highest BCUT2D eigenvalue weighted by Gasteiger charge is 2.48. The summed E-state index contributed by atoms with van der Waals surface area (Å²) in [6.07, 6.45) is -2.27. The van der Waals surface area contributed by atoms with Gasteiger partial charge in [-0.05, 0) is 42.0 Å². The van der Waals surface area contributed by atoms with Crippen molar-refractivity contribution < 1.29 is 23.1 Å². The van der Waals surface area contributed by atoms with Gasteiger partial charge >= 0.3 is 6.18 Å². The third-order valence-electron chi connectivity index (χ3n) is 6.92. The summed E-state index contributed by atoms with van der Waals surface area (Å²) in [5.41, 5.74) is 2.54. The number of rotatable bonds is 2. The molecule has 2 atom stereocenters. The van der Waals surface area contributed by atoms with E-state index in [-0.39, 0.29) is 6.54 Å². The summed E-state index contributed by atoms with van der Waals surface area (Å²) >= 11 is 0. The van der Waals surface area contributed by atoms with Crippen LogP contribution in [0.4, 0.5) is 13.2 Å². The molecule has 2 heterocycles. The number of benzene rings is 2. The molecule has 0 radical (unpaired) electrons. The number of fused-ring (bicyclic) bond motifs is 3. The van der Waals surface area contributed by atoms with Crippen LogP contribution >= 0.6 is 0 Å². The van der Waals surface area contributed by atoms with Crippen molar-refractivity contribution in [3.63, 3.8) is 0 Å². The lowest BCUT2D eigenvalue weighted by Gasteiger charge is -2.42. The summed E-state index contributed by atoms with van der Waals surface area (Å²) in [4.78, 5) is 25.9. The third-order valence-corrected chi connectivity index (χ3v) is 6.92. The van der Waals surface area contributed by atoms with Crippen molar-refractivity contribution in [2.45, 2.75) is 43.9 Å². The van der Waals surface area contributed by atoms with Crippen LogP contribution in [0.15, 0.2) is 59.5 Å². The first-order chi connectivity index (χ1) is 16.2. The Labute approximate surface area is 193 Å². The van der Waals surface area contributed by atoms with E-state index in [2.05, 4.69) is 5.10 Å². The molecule has 0 spiro atoms. The van der Waals surface area contributed by atoms with Crippen molar-refractivity contribution >= 4 is 5.91 Å². The number of aromatic hydroxyl groups is 1. The molecule has 0 saturated heterocycles. The molecule has 1 aliphatic carbocycles. The Bertz CT molecular complexity index is 1290. The van der Waals surface area contributed by atoms with Gasteiger partial charge in [0.25, 0.3) is 5.91 Å². The minimum absolute atomic E-state index is 0.283. The molecule has 1 N–H and O–H groups in total. The Morgan fingerprint density at radius 3 is 2.12 bits per heavy atom. The zero-order chi connectivity index (χ0) is 24.2. The summed E-state index contributed by atoms with van der Waals surface area (Å²) in [7, 11) is 0. The molecule has 2 aliphatic rings. The first-order valence-electron chi connectivity index (χ1n) is 11.0. The topological polar surface area (TPSA) is 75.4 Å². The number of aromatic nitrogens is 2. The van der Waals surface area contributed by atoms with E-state index in [0.29, 0.717) is 4.90 Å². The van der Waals surface area contributed by atoms with Crippen LogP contribution in [0.1, 0.15) is 51.6 Å². The van der Waals surface area contributed by atoms with Crippen molar-refractivity contribution in [1.82, 2.24) is 14.7 Å². The van der Waals surface area contributed by atoms with Gasteiger partial charge in [-0.1, -0.05) is 48.5 Å². The lowest BCUT2D eigenvalue weighted by atomic mass is 9.81. The van der Waals surface area contributed by atoms with Crippen LogP contribution in [0.5, 0.6) is 5.75 Å². The van der Waals surface area contributed by atoms with E-state index in [1.54, 1.807) is 0 Å². The second-order valence-corrected chi connectivity index (χ2v) is 8.77. The maximum atomic E-state index is 13.7. The first kappa shape index (κ1) is 22.2. The number of aryl methyl sites for hydroxylation is 2. The Morgan fingerprint density at radius 2 is 1.56 bits per heavy atom. The molecular weight excluding hydrogens is 447 g/mol. The summed E-state index contributed by atoms with van der Waals surface area (Å²) in [6.45, 7) is 0.625. The second-order valence-electron chi connectivity index (χ2n) is 8.77. The summed E-state index contributed by atoms with van der Waals surface area (Å²) < 4.78 is 42.4. The molecular formula is C25H22F3N3O3. The molecule has 2 aromatic carbocycles. The Morgan fingerprint density at radius 1 is 1.00 bits per heavy atom. The fourth-order valence-corrected chi connectivity index (χ4v) is 5.15. The number of halogens is 3. The normalized spacial score (nSPS) is 19.1. The molecule has 0 saturated carbocycles. The van der Waals surface area contributed by atoms with Gasteiger partial charge in [-0.15, -0.1) is 0 Å². The molecule has 0 bridgehead atoms. The van der Waals surface area contributed by atoms with E-state index in [1.807, 2.05) is 48.5 Å². The van der Waals surface area contributed by atoms with Crippen LogP contribution in [0.3, 0.4) is 0 Å². The van der Waals surface area contributed by atoms with Crippen molar-refractivity contribution in [2.24, 2.45) is 0 Å². The molecule has 2 unspecified atom stereocenters. The maximum Gasteiger partial charge on any atom is 0.408 e. The highest BCUT2D eigenvalue weighted by atomic mass is 19.4. The average molecular weight is 469 g/mol. The van der Waals surface area contributed by atoms with Gasteiger partial charge < -0.3 is 10.0 Å². The summed E-state index contributed by atoms with van der Waals surface area (Å²) in [5.74, 6) is -2.41. The van der Waals surface area contributed by atoms with E-state index in [9.17, 15) is 27.9 Å². The van der Waals surface area contributed by atoms with Gasteiger partial charge in [-0.25, -0.2) is 0 Å². The van der Waals surface area contributed by atoms with Gasteiger partial charge in [0.2, 0.25) is 5.43 Å². The maximum absolute atomic E-state index is 13.7. The molecule has 34 heavy (non-hydrogen) atoms. The second kappa shape index (κ2) is 8.00. The van der Waals surface area contributed by atoms with Crippen LogP contribution in [0, 0.1) is 0 Å². The number of carbonyl (C=O) groups is 1. The number of carbonyl (C=O) groups excluding carboxylic acids is 1. The number of hydrogen-bond donors (Lipinski definition) is 1. The van der Waals surface area contributed by atoms with Crippen molar-refractivity contribution in [3.05, 3.63) is 92.9 Å². The molecule has 6 nitrogen and oxygen atoms in total. The number of amides is 1. The molecule has 1 amide bonds. The summed E-state index contributed by atoms with van der Waals surface area (Å²) in [6, 6.07) is 12.6. The number of nitrogens with zero attached hydrogens (tertiary/aromatic N) is 3. The molecule has 1 aliphatic heterocycles. The standard InChI is InChI=1S/C25H22F3N3O3/c1-14(25(26,27)28)30-13-19(31-22(24(30)34)23(33)20(32)12-29-31)21-17-8-4-2-6-15(17)10-11-16-7-3-5-9-18(16)21/h2-9,12,14,19,21,33H,10-11,13H2,1H3. The van der Waals surface area contributed by atoms with Crippen LogP contribution in [-0.4, -0.2) is 44.5 Å². The van der Waals surface area contributed by atoms with Crippen LogP contribution in [0.25, 0.3) is 0 Å². The van der Waals surface area contributed by atoms with Gasteiger partial charge in [0.1, 0.15) is 6.04 Å². The van der Waals surface area contributed by atoms with Crippen LogP contribution < -0.4 is 5.43 Å². The summed E-state index contributed by atoms with van der Waals surface area (Å²) in [5, 5.41) is 14.6. The van der Waals surface area contributed by atoms with Crippen molar-refractivity contribution in [1.29, 1.82) is 0 Å². The van der Waals surface area contributed by atoms with E-state index in [4.69, 9.17) is 0 Å². The molecule has 1 aromatic heterocycles. The lowest BCUT2D eigenvalue weighted by molar-refractivity contribution is -0.174. The minimum atomic E-state index is -4.68. The van der Waals surface area contributed by atoms with Gasteiger partial charge in [-0.3, -0.25) is 14.3 Å². The van der Waals surface area contributed by atoms with Crippen LogP contribution in [0.2, 0.25) is 0 Å². The Hall–Kier alpha value is -3.62. The largest absolute Gasteiger partial charge is 0.502 e. The highest BCUT2D eigenvalue weighted by Crippen LogP contribution is 2.44. The highest BCUT2D eigenvalue weighted by molar-refractivity contribution is 5.96. The fourth-order valence-electron chi connectivity index (χ4n) is 5.15. The van der Waals surface area contributed by atoms with Gasteiger partial charge in [0, 0.05) is 12.5 Å². The Balaban J connectivity index is 1.77.